The number of aromatic nitrogens is 1. The lowest BCUT2D eigenvalue weighted by Crippen LogP contribution is -2.35. The van der Waals surface area contributed by atoms with E-state index in [4.69, 9.17) is 0 Å². The molecule has 20 heavy (non-hydrogen) atoms. The normalized spacial score (nSPS) is 10.6. The van der Waals surface area contributed by atoms with E-state index < -0.39 is 0 Å². The average molecular weight is 278 g/mol. The summed E-state index contributed by atoms with van der Waals surface area (Å²) in [6, 6.07) is 3.59. The maximum atomic E-state index is 12.2. The first kappa shape index (κ1) is 16.4. The third-order valence-electron chi connectivity index (χ3n) is 3.20. The molecule has 5 nitrogen and oxygen atoms in total. The van der Waals surface area contributed by atoms with E-state index in [2.05, 4.69) is 41.3 Å². The molecule has 0 saturated carbocycles. The molecule has 0 aliphatic heterocycles. The summed E-state index contributed by atoms with van der Waals surface area (Å²) in [5.74, 6) is 0.596. The van der Waals surface area contributed by atoms with Gasteiger partial charge in [0.05, 0.1) is 5.56 Å². The number of rotatable bonds is 9. The van der Waals surface area contributed by atoms with Crippen LogP contribution in [-0.4, -0.2) is 48.5 Å². The fourth-order valence-electron chi connectivity index (χ4n) is 1.94. The van der Waals surface area contributed by atoms with Crippen molar-refractivity contribution in [2.45, 2.75) is 27.2 Å². The lowest BCUT2D eigenvalue weighted by molar-refractivity contribution is 0.0949. The van der Waals surface area contributed by atoms with Crippen LogP contribution in [0.25, 0.3) is 0 Å². The summed E-state index contributed by atoms with van der Waals surface area (Å²) in [4.78, 5) is 18.7. The summed E-state index contributed by atoms with van der Waals surface area (Å²) in [6.07, 6.45) is 2.70. The van der Waals surface area contributed by atoms with Crippen molar-refractivity contribution in [3.8, 4) is 0 Å². The van der Waals surface area contributed by atoms with Crippen molar-refractivity contribution in [3.63, 3.8) is 0 Å². The molecule has 0 aromatic carbocycles. The van der Waals surface area contributed by atoms with Crippen LogP contribution in [0, 0.1) is 0 Å². The SMILES string of the molecule is CCCNc1ncccc1C(=O)NCCN(CC)CC. The summed E-state index contributed by atoms with van der Waals surface area (Å²) in [7, 11) is 0. The van der Waals surface area contributed by atoms with Crippen molar-refractivity contribution in [2.24, 2.45) is 0 Å². The molecule has 0 radical (unpaired) electrons. The highest BCUT2D eigenvalue weighted by molar-refractivity contribution is 5.98. The second-order valence-corrected chi connectivity index (χ2v) is 4.61. The van der Waals surface area contributed by atoms with Gasteiger partial charge < -0.3 is 15.5 Å². The maximum absolute atomic E-state index is 12.2. The van der Waals surface area contributed by atoms with Crippen molar-refractivity contribution < 1.29 is 4.79 Å². The largest absolute Gasteiger partial charge is 0.369 e. The van der Waals surface area contributed by atoms with Crippen LogP contribution < -0.4 is 10.6 Å². The molecular weight excluding hydrogens is 252 g/mol. The number of carbonyl (C=O) groups is 1. The molecule has 0 aliphatic carbocycles. The molecule has 0 atom stereocenters. The van der Waals surface area contributed by atoms with Crippen LogP contribution >= 0.6 is 0 Å². The maximum Gasteiger partial charge on any atom is 0.255 e. The quantitative estimate of drug-likeness (QED) is 0.725. The molecule has 1 amide bonds. The molecule has 2 N–H and O–H groups in total. The molecule has 0 saturated heterocycles. The standard InChI is InChI=1S/C15H26N4O/c1-4-9-16-14-13(8-7-10-17-14)15(20)18-11-12-19(5-2)6-3/h7-8,10H,4-6,9,11-12H2,1-3H3,(H,16,17)(H,18,20). The topological polar surface area (TPSA) is 57.3 Å². The molecule has 112 valence electrons. The van der Waals surface area contributed by atoms with Crippen LogP contribution in [0.5, 0.6) is 0 Å². The number of anilines is 1. The van der Waals surface area contributed by atoms with Crippen LogP contribution in [0.2, 0.25) is 0 Å². The Kier molecular flexibility index (Phi) is 7.65. The molecular formula is C15H26N4O. The highest BCUT2D eigenvalue weighted by atomic mass is 16.1. The highest BCUT2D eigenvalue weighted by Gasteiger charge is 2.11. The van der Waals surface area contributed by atoms with E-state index in [0.29, 0.717) is 17.9 Å². The van der Waals surface area contributed by atoms with E-state index >= 15 is 0 Å². The zero-order valence-corrected chi connectivity index (χ0v) is 12.8. The Bertz CT molecular complexity index is 405. The molecule has 1 rings (SSSR count). The zero-order valence-electron chi connectivity index (χ0n) is 12.8. The van der Waals surface area contributed by atoms with Crippen LogP contribution in [0.4, 0.5) is 5.82 Å². The van der Waals surface area contributed by atoms with Crippen molar-refractivity contribution >= 4 is 11.7 Å². The van der Waals surface area contributed by atoms with Crippen LogP contribution in [0.15, 0.2) is 18.3 Å². The first-order chi connectivity index (χ1) is 9.72. The number of nitrogens with one attached hydrogen (secondary N) is 2. The first-order valence-electron chi connectivity index (χ1n) is 7.42. The second-order valence-electron chi connectivity index (χ2n) is 4.61. The third kappa shape index (κ3) is 5.17. The Hall–Kier alpha value is -1.62. The first-order valence-corrected chi connectivity index (χ1v) is 7.42. The lowest BCUT2D eigenvalue weighted by Gasteiger charge is -2.18. The molecule has 1 aromatic heterocycles. The Labute approximate surface area is 121 Å². The smallest absolute Gasteiger partial charge is 0.255 e. The minimum absolute atomic E-state index is 0.0659. The predicted molar refractivity (Wildman–Crippen MR) is 83.1 cm³/mol. The Balaban J connectivity index is 2.54. The van der Waals surface area contributed by atoms with Gasteiger partial charge in [0.15, 0.2) is 0 Å². The molecule has 0 aliphatic rings. The summed E-state index contributed by atoms with van der Waals surface area (Å²) in [5.41, 5.74) is 0.612. The van der Waals surface area contributed by atoms with E-state index in [0.717, 1.165) is 32.6 Å². The van der Waals surface area contributed by atoms with Gasteiger partial charge in [0.2, 0.25) is 0 Å². The Morgan fingerprint density at radius 3 is 2.65 bits per heavy atom. The molecule has 5 heteroatoms. The lowest BCUT2D eigenvalue weighted by atomic mass is 10.2. The second kappa shape index (κ2) is 9.31. The van der Waals surface area contributed by atoms with Crippen molar-refractivity contribution in [1.29, 1.82) is 0 Å². The predicted octanol–water partition coefficient (Wildman–Crippen LogP) is 1.98. The van der Waals surface area contributed by atoms with E-state index in [1.165, 1.54) is 0 Å². The molecule has 0 fully saturated rings. The number of carbonyl (C=O) groups excluding carboxylic acids is 1. The fourth-order valence-corrected chi connectivity index (χ4v) is 1.94. The van der Waals surface area contributed by atoms with Gasteiger partial charge in [-0.1, -0.05) is 20.8 Å². The van der Waals surface area contributed by atoms with E-state index in [1.54, 1.807) is 18.3 Å². The van der Waals surface area contributed by atoms with Gasteiger partial charge in [-0.15, -0.1) is 0 Å². The minimum atomic E-state index is -0.0659. The summed E-state index contributed by atoms with van der Waals surface area (Å²) < 4.78 is 0. The number of nitrogens with zero attached hydrogens (tertiary/aromatic N) is 2. The van der Waals surface area contributed by atoms with Gasteiger partial charge in [-0.25, -0.2) is 4.98 Å². The van der Waals surface area contributed by atoms with E-state index in [1.807, 2.05) is 0 Å². The highest BCUT2D eigenvalue weighted by Crippen LogP contribution is 2.10. The van der Waals surface area contributed by atoms with Gasteiger partial charge in [0.25, 0.3) is 5.91 Å². The van der Waals surface area contributed by atoms with Crippen molar-refractivity contribution in [1.82, 2.24) is 15.2 Å². The number of hydrogen-bond acceptors (Lipinski definition) is 4. The van der Waals surface area contributed by atoms with Crippen molar-refractivity contribution in [3.05, 3.63) is 23.9 Å². The number of amides is 1. The van der Waals surface area contributed by atoms with Crippen molar-refractivity contribution in [2.75, 3.05) is 38.0 Å². The van der Waals surface area contributed by atoms with Gasteiger partial charge >= 0.3 is 0 Å². The van der Waals surface area contributed by atoms with Gasteiger partial charge in [-0.05, 0) is 31.6 Å². The monoisotopic (exact) mass is 278 g/mol. The van der Waals surface area contributed by atoms with Crippen LogP contribution in [0.1, 0.15) is 37.6 Å². The minimum Gasteiger partial charge on any atom is -0.369 e. The van der Waals surface area contributed by atoms with Gasteiger partial charge in [-0.2, -0.15) is 0 Å². The Morgan fingerprint density at radius 1 is 1.25 bits per heavy atom. The Morgan fingerprint density at radius 2 is 2.00 bits per heavy atom. The fraction of sp³-hybridized carbons (Fsp3) is 0.600. The summed E-state index contributed by atoms with van der Waals surface area (Å²) in [5, 5.41) is 6.14. The molecule has 0 unspecified atom stereocenters. The van der Waals surface area contributed by atoms with Crippen LogP contribution in [0.3, 0.4) is 0 Å². The number of pyridine rings is 1. The molecule has 1 heterocycles. The van der Waals surface area contributed by atoms with Gasteiger partial charge in [-0.3, -0.25) is 4.79 Å². The van der Waals surface area contributed by atoms with Crippen LogP contribution in [-0.2, 0) is 0 Å². The molecule has 0 spiro atoms. The van der Waals surface area contributed by atoms with E-state index in [-0.39, 0.29) is 5.91 Å². The van der Waals surface area contributed by atoms with E-state index in [9.17, 15) is 4.79 Å². The number of likely N-dealkylation sites (N-methyl/N-ethyl adjacent to an activating group) is 1. The van der Waals surface area contributed by atoms with Gasteiger partial charge in [0, 0.05) is 25.8 Å². The van der Waals surface area contributed by atoms with Gasteiger partial charge in [0.1, 0.15) is 5.82 Å². The summed E-state index contributed by atoms with van der Waals surface area (Å²) in [6.45, 7) is 10.7. The number of hydrogen-bond donors (Lipinski definition) is 2. The third-order valence-corrected chi connectivity index (χ3v) is 3.20. The average Bonchev–Trinajstić information content (AvgIpc) is 2.49. The summed E-state index contributed by atoms with van der Waals surface area (Å²) >= 11 is 0. The molecule has 0 bridgehead atoms. The molecule has 1 aromatic rings. The zero-order chi connectivity index (χ0) is 14.8.